The number of rotatable bonds is 9. The van der Waals surface area contributed by atoms with Gasteiger partial charge in [-0.05, 0) is 45.2 Å². The summed E-state index contributed by atoms with van der Waals surface area (Å²) < 4.78 is 0. The Bertz CT molecular complexity index is 1220. The standard InChI is InChI=1S/C24H28N8O3/c1-4-15-7-8-17(19(29-15)22(33)28-12-24(2,3)35)32-23(34)20-21(30-16-9-25-13-26-10-16)27-11-18(31-20)14-5-6-14/h7-11,13-14,35H,4-6,12H2,1-3H3,(H,27,30)(H,28,33)(H,32,34). The first-order chi connectivity index (χ1) is 16.7. The van der Waals surface area contributed by atoms with Crippen LogP contribution in [0.1, 0.15) is 71.9 Å². The number of carbonyl (C=O) groups excluding carboxylic acids is 2. The number of carbonyl (C=O) groups is 2. The van der Waals surface area contributed by atoms with Crippen molar-refractivity contribution >= 4 is 29.0 Å². The second-order valence-corrected chi connectivity index (χ2v) is 9.02. The molecule has 0 bridgehead atoms. The number of aryl methyl sites for hydroxylation is 1. The van der Waals surface area contributed by atoms with Crippen LogP contribution in [0.2, 0.25) is 0 Å². The number of nitrogens with one attached hydrogen (secondary N) is 3. The number of aromatic nitrogens is 5. The molecule has 182 valence electrons. The number of hydrogen-bond acceptors (Lipinski definition) is 9. The molecule has 0 atom stereocenters. The third-order valence-corrected chi connectivity index (χ3v) is 5.29. The minimum atomic E-state index is -1.10. The van der Waals surface area contributed by atoms with E-state index in [9.17, 15) is 14.7 Å². The fourth-order valence-corrected chi connectivity index (χ4v) is 3.26. The van der Waals surface area contributed by atoms with E-state index in [0.29, 0.717) is 17.8 Å². The molecular formula is C24H28N8O3. The Morgan fingerprint density at radius 2 is 1.80 bits per heavy atom. The van der Waals surface area contributed by atoms with Crippen LogP contribution in [0.3, 0.4) is 0 Å². The van der Waals surface area contributed by atoms with Crippen LogP contribution < -0.4 is 16.0 Å². The van der Waals surface area contributed by atoms with Crippen molar-refractivity contribution in [3.8, 4) is 0 Å². The van der Waals surface area contributed by atoms with Gasteiger partial charge in [0.15, 0.2) is 17.2 Å². The number of aliphatic hydroxyl groups is 1. The molecule has 11 heteroatoms. The van der Waals surface area contributed by atoms with Gasteiger partial charge >= 0.3 is 0 Å². The Kier molecular flexibility index (Phi) is 6.97. The van der Waals surface area contributed by atoms with Crippen molar-refractivity contribution in [3.63, 3.8) is 0 Å². The second kappa shape index (κ2) is 10.1. The molecule has 1 saturated carbocycles. The molecule has 2 amide bonds. The molecule has 4 rings (SSSR count). The van der Waals surface area contributed by atoms with Gasteiger partial charge in [-0.2, -0.15) is 0 Å². The first-order valence-electron chi connectivity index (χ1n) is 11.4. The largest absolute Gasteiger partial charge is 0.389 e. The highest BCUT2D eigenvalue weighted by Crippen LogP contribution is 2.39. The number of hydrogen-bond donors (Lipinski definition) is 4. The zero-order chi connectivity index (χ0) is 25.0. The highest BCUT2D eigenvalue weighted by molar-refractivity contribution is 6.09. The molecule has 0 saturated heterocycles. The van der Waals surface area contributed by atoms with E-state index in [1.807, 2.05) is 6.92 Å². The van der Waals surface area contributed by atoms with Crippen LogP contribution in [-0.2, 0) is 6.42 Å². The van der Waals surface area contributed by atoms with Gasteiger partial charge in [0.2, 0.25) is 0 Å². The Balaban J connectivity index is 1.63. The topological polar surface area (TPSA) is 155 Å². The molecule has 0 aliphatic heterocycles. The van der Waals surface area contributed by atoms with Crippen molar-refractivity contribution in [1.82, 2.24) is 30.2 Å². The van der Waals surface area contributed by atoms with Gasteiger partial charge in [-0.15, -0.1) is 0 Å². The summed E-state index contributed by atoms with van der Waals surface area (Å²) in [5.41, 5.74) is 1.26. The number of pyridine rings is 1. The summed E-state index contributed by atoms with van der Waals surface area (Å²) in [5.74, 6) is -0.512. The van der Waals surface area contributed by atoms with Gasteiger partial charge in [0.25, 0.3) is 11.8 Å². The zero-order valence-corrected chi connectivity index (χ0v) is 19.9. The average Bonchev–Trinajstić information content (AvgIpc) is 3.69. The van der Waals surface area contributed by atoms with Crippen molar-refractivity contribution in [2.24, 2.45) is 0 Å². The number of anilines is 3. The smallest absolute Gasteiger partial charge is 0.278 e. The van der Waals surface area contributed by atoms with Crippen molar-refractivity contribution in [1.29, 1.82) is 0 Å². The summed E-state index contributed by atoms with van der Waals surface area (Å²) in [6, 6.07) is 3.38. The summed E-state index contributed by atoms with van der Waals surface area (Å²) in [5, 5.41) is 18.4. The molecule has 35 heavy (non-hydrogen) atoms. The van der Waals surface area contributed by atoms with Crippen molar-refractivity contribution in [2.45, 2.75) is 51.6 Å². The molecule has 1 fully saturated rings. The summed E-state index contributed by atoms with van der Waals surface area (Å²) in [6.45, 7) is 5.12. The quantitative estimate of drug-likeness (QED) is 0.365. The third kappa shape index (κ3) is 6.33. The molecule has 1 aliphatic carbocycles. The van der Waals surface area contributed by atoms with Crippen LogP contribution in [-0.4, -0.2) is 54.0 Å². The maximum Gasteiger partial charge on any atom is 0.278 e. The third-order valence-electron chi connectivity index (χ3n) is 5.29. The van der Waals surface area contributed by atoms with E-state index in [-0.39, 0.29) is 35.4 Å². The second-order valence-electron chi connectivity index (χ2n) is 9.02. The lowest BCUT2D eigenvalue weighted by Crippen LogP contribution is -2.39. The van der Waals surface area contributed by atoms with Gasteiger partial charge < -0.3 is 21.1 Å². The molecule has 3 heterocycles. The molecule has 0 spiro atoms. The maximum absolute atomic E-state index is 13.4. The molecule has 3 aromatic heterocycles. The lowest BCUT2D eigenvalue weighted by molar-refractivity contribution is 0.0692. The first kappa shape index (κ1) is 24.1. The van der Waals surface area contributed by atoms with Crippen LogP contribution in [0.4, 0.5) is 17.2 Å². The average molecular weight is 477 g/mol. The summed E-state index contributed by atoms with van der Waals surface area (Å²) in [6.07, 6.45) is 8.80. The summed E-state index contributed by atoms with van der Waals surface area (Å²) in [4.78, 5) is 47.6. The van der Waals surface area contributed by atoms with Gasteiger partial charge in [-0.1, -0.05) is 6.92 Å². The van der Waals surface area contributed by atoms with Gasteiger partial charge in [0.1, 0.15) is 6.33 Å². The predicted octanol–water partition coefficient (Wildman–Crippen LogP) is 2.60. The van der Waals surface area contributed by atoms with Crippen LogP contribution in [0.5, 0.6) is 0 Å². The Hall–Kier alpha value is -3.99. The van der Waals surface area contributed by atoms with E-state index in [1.54, 1.807) is 44.6 Å². The minimum absolute atomic E-state index is 0.0272. The van der Waals surface area contributed by atoms with E-state index in [0.717, 1.165) is 18.5 Å². The first-order valence-corrected chi connectivity index (χ1v) is 11.4. The van der Waals surface area contributed by atoms with Crippen LogP contribution in [0.15, 0.2) is 37.1 Å². The highest BCUT2D eigenvalue weighted by Gasteiger charge is 2.28. The van der Waals surface area contributed by atoms with E-state index >= 15 is 0 Å². The van der Waals surface area contributed by atoms with E-state index in [2.05, 4.69) is 40.9 Å². The van der Waals surface area contributed by atoms with Crippen molar-refractivity contribution in [3.05, 3.63) is 59.8 Å². The molecule has 0 unspecified atom stereocenters. The Morgan fingerprint density at radius 1 is 1.06 bits per heavy atom. The number of amides is 2. The van der Waals surface area contributed by atoms with Crippen LogP contribution >= 0.6 is 0 Å². The monoisotopic (exact) mass is 476 g/mol. The molecule has 0 radical (unpaired) electrons. The zero-order valence-electron chi connectivity index (χ0n) is 19.9. The fourth-order valence-electron chi connectivity index (χ4n) is 3.26. The van der Waals surface area contributed by atoms with Gasteiger partial charge in [-0.25, -0.2) is 24.9 Å². The normalized spacial score (nSPS) is 13.3. The lowest BCUT2D eigenvalue weighted by atomic mass is 10.1. The van der Waals surface area contributed by atoms with Crippen LogP contribution in [0, 0.1) is 0 Å². The maximum atomic E-state index is 13.4. The van der Waals surface area contributed by atoms with Crippen LogP contribution in [0.25, 0.3) is 0 Å². The number of nitrogens with zero attached hydrogens (tertiary/aromatic N) is 5. The molecular weight excluding hydrogens is 448 g/mol. The highest BCUT2D eigenvalue weighted by atomic mass is 16.3. The molecule has 1 aliphatic rings. The van der Waals surface area contributed by atoms with E-state index < -0.39 is 17.4 Å². The van der Waals surface area contributed by atoms with E-state index in [4.69, 9.17) is 0 Å². The van der Waals surface area contributed by atoms with Gasteiger partial charge in [0.05, 0.1) is 41.3 Å². The lowest BCUT2D eigenvalue weighted by Gasteiger charge is -2.18. The molecule has 11 nitrogen and oxygen atoms in total. The SMILES string of the molecule is CCc1ccc(NC(=O)c2nc(C3CC3)cnc2Nc2cncnc2)c(C(=O)NCC(C)(C)O)n1. The predicted molar refractivity (Wildman–Crippen MR) is 130 cm³/mol. The molecule has 0 aromatic carbocycles. The van der Waals surface area contributed by atoms with Gasteiger partial charge in [0, 0.05) is 18.2 Å². The van der Waals surface area contributed by atoms with Crippen molar-refractivity contribution < 1.29 is 14.7 Å². The van der Waals surface area contributed by atoms with Gasteiger partial charge in [-0.3, -0.25) is 9.59 Å². The fraction of sp³-hybridized carbons (Fsp3) is 0.375. The molecule has 3 aromatic rings. The Morgan fingerprint density at radius 3 is 2.46 bits per heavy atom. The van der Waals surface area contributed by atoms with Crippen molar-refractivity contribution in [2.75, 3.05) is 17.2 Å². The summed E-state index contributed by atoms with van der Waals surface area (Å²) in [7, 11) is 0. The Labute approximate surface area is 202 Å². The summed E-state index contributed by atoms with van der Waals surface area (Å²) >= 11 is 0. The molecule has 4 N–H and O–H groups in total. The van der Waals surface area contributed by atoms with E-state index in [1.165, 1.54) is 6.33 Å². The minimum Gasteiger partial charge on any atom is -0.389 e.